The minimum absolute atomic E-state index is 0.238. The quantitative estimate of drug-likeness (QED) is 0.323. The number of rotatable bonds is 5. The Labute approximate surface area is 215 Å². The largest absolute Gasteiger partial charge is 0.456 e. The lowest BCUT2D eigenvalue weighted by Crippen LogP contribution is -2.34. The molecule has 0 bridgehead atoms. The van der Waals surface area contributed by atoms with Gasteiger partial charge in [0.05, 0.1) is 29.4 Å². The number of hydrogen-bond acceptors (Lipinski definition) is 8. The van der Waals surface area contributed by atoms with Crippen LogP contribution in [0.4, 0.5) is 0 Å². The first-order chi connectivity index (χ1) is 18.1. The number of aromatic amines is 2. The van der Waals surface area contributed by atoms with Crippen molar-refractivity contribution in [1.82, 2.24) is 29.9 Å². The number of benzene rings is 1. The molecule has 7 rings (SSSR count). The van der Waals surface area contributed by atoms with E-state index in [1.54, 1.807) is 18.5 Å². The highest BCUT2D eigenvalue weighted by atomic mass is 35.5. The fourth-order valence-electron chi connectivity index (χ4n) is 4.77. The molecule has 10 nitrogen and oxygen atoms in total. The molecule has 5 aromatic rings. The number of ether oxygens (including phenoxy) is 3. The average Bonchev–Trinajstić information content (AvgIpc) is 3.71. The Kier molecular flexibility index (Phi) is 5.40. The molecule has 2 aliphatic rings. The van der Waals surface area contributed by atoms with Gasteiger partial charge in [0.25, 0.3) is 6.01 Å². The lowest BCUT2D eigenvalue weighted by Gasteiger charge is -2.15. The van der Waals surface area contributed by atoms with Crippen LogP contribution in [-0.4, -0.2) is 72.6 Å². The zero-order valence-electron chi connectivity index (χ0n) is 19.3. The van der Waals surface area contributed by atoms with Crippen molar-refractivity contribution in [3.63, 3.8) is 0 Å². The number of aliphatic hydroxyl groups is 1. The lowest BCUT2D eigenvalue weighted by atomic mass is 10.0. The second kappa shape index (κ2) is 8.93. The van der Waals surface area contributed by atoms with E-state index in [2.05, 4.69) is 29.9 Å². The summed E-state index contributed by atoms with van der Waals surface area (Å²) in [5.74, 6) is 0.733. The molecule has 3 N–H and O–H groups in total. The molecule has 0 saturated carbocycles. The van der Waals surface area contributed by atoms with Gasteiger partial charge in [-0.05, 0) is 17.7 Å². The van der Waals surface area contributed by atoms with Crippen LogP contribution in [0.2, 0.25) is 5.02 Å². The zero-order valence-corrected chi connectivity index (χ0v) is 20.1. The minimum Gasteiger partial charge on any atom is -0.456 e. The van der Waals surface area contributed by atoms with Crippen LogP contribution in [-0.2, 0) is 9.47 Å². The predicted molar refractivity (Wildman–Crippen MR) is 135 cm³/mol. The number of aromatic nitrogens is 6. The number of nitrogens with zero attached hydrogens (tertiary/aromatic N) is 4. The first-order valence-corrected chi connectivity index (χ1v) is 12.2. The smallest absolute Gasteiger partial charge is 0.296 e. The summed E-state index contributed by atoms with van der Waals surface area (Å²) in [5.41, 5.74) is 5.42. The molecule has 2 saturated heterocycles. The third kappa shape index (κ3) is 4.04. The van der Waals surface area contributed by atoms with Crippen LogP contribution < -0.4 is 4.74 Å². The number of aliphatic hydroxyl groups excluding tert-OH is 1. The molecule has 6 heterocycles. The molecule has 2 fully saturated rings. The normalized spacial score (nSPS) is 23.0. The summed E-state index contributed by atoms with van der Waals surface area (Å²) in [6, 6.07) is 14.0. The molecule has 0 radical (unpaired) electrons. The van der Waals surface area contributed by atoms with E-state index in [1.165, 1.54) is 0 Å². The second-order valence-electron chi connectivity index (χ2n) is 9.00. The number of nitrogens with one attached hydrogen (secondary N) is 2. The Balaban J connectivity index is 1.11. The molecule has 4 atom stereocenters. The maximum Gasteiger partial charge on any atom is 0.296 e. The van der Waals surface area contributed by atoms with Crippen molar-refractivity contribution in [2.24, 2.45) is 0 Å². The number of pyridine rings is 2. The summed E-state index contributed by atoms with van der Waals surface area (Å²) in [6.45, 7) is 0.553. The van der Waals surface area contributed by atoms with Gasteiger partial charge in [-0.15, -0.1) is 0 Å². The average molecular weight is 517 g/mol. The van der Waals surface area contributed by atoms with Crippen molar-refractivity contribution in [3.8, 4) is 39.9 Å². The number of hydrogen-bond donors (Lipinski definition) is 3. The summed E-state index contributed by atoms with van der Waals surface area (Å²) < 4.78 is 17.2. The van der Waals surface area contributed by atoms with Crippen molar-refractivity contribution < 1.29 is 19.3 Å². The standard InChI is InChI=1S/C26H21ClN6O4/c27-16-9-18-25(33-26(31-18)37-20-12-36-22-19(34)11-35-23(20)22)32-21(16)14-3-1-13(2-4-14)15-5-6-17(30-10-15)24-28-7-8-29-24/h1-10,19-20,22-23,34H,11-12H2,(H,28,29)(H,31,32,33)/t19-,20-,22-,23?/m1/s1. The van der Waals surface area contributed by atoms with Gasteiger partial charge in [-0.25, -0.2) is 9.97 Å². The van der Waals surface area contributed by atoms with Crippen LogP contribution in [0.25, 0.3) is 45.1 Å². The van der Waals surface area contributed by atoms with Crippen LogP contribution in [0.1, 0.15) is 0 Å². The molecule has 0 amide bonds. The first kappa shape index (κ1) is 22.4. The van der Waals surface area contributed by atoms with Crippen molar-refractivity contribution in [1.29, 1.82) is 0 Å². The summed E-state index contributed by atoms with van der Waals surface area (Å²) in [6.07, 6.45) is 3.59. The fraction of sp³-hybridized carbons (Fsp3) is 0.231. The van der Waals surface area contributed by atoms with Gasteiger partial charge in [-0.3, -0.25) is 4.98 Å². The molecule has 2 aliphatic heterocycles. The monoisotopic (exact) mass is 516 g/mol. The van der Waals surface area contributed by atoms with Gasteiger partial charge >= 0.3 is 0 Å². The molecule has 0 aliphatic carbocycles. The van der Waals surface area contributed by atoms with Crippen molar-refractivity contribution in [2.75, 3.05) is 13.2 Å². The Hall–Kier alpha value is -3.83. The summed E-state index contributed by atoms with van der Waals surface area (Å²) in [7, 11) is 0. The summed E-state index contributed by atoms with van der Waals surface area (Å²) in [4.78, 5) is 24.1. The van der Waals surface area contributed by atoms with Gasteiger partial charge in [-0.1, -0.05) is 41.9 Å². The van der Waals surface area contributed by atoms with E-state index in [1.807, 2.05) is 42.6 Å². The van der Waals surface area contributed by atoms with Crippen LogP contribution in [0.15, 0.2) is 61.1 Å². The first-order valence-electron chi connectivity index (χ1n) is 11.8. The number of H-pyrrole nitrogens is 2. The molecular weight excluding hydrogens is 496 g/mol. The third-order valence-electron chi connectivity index (χ3n) is 6.65. The van der Waals surface area contributed by atoms with Gasteiger partial charge in [-0.2, -0.15) is 4.98 Å². The molecule has 0 spiro atoms. The maximum atomic E-state index is 9.94. The molecule has 186 valence electrons. The van der Waals surface area contributed by atoms with Gasteiger partial charge in [0, 0.05) is 29.7 Å². The minimum atomic E-state index is -0.638. The Bertz CT molecular complexity index is 1560. The highest BCUT2D eigenvalue weighted by Crippen LogP contribution is 2.33. The Morgan fingerprint density at radius 1 is 0.946 bits per heavy atom. The van der Waals surface area contributed by atoms with Crippen LogP contribution in [0, 0.1) is 0 Å². The van der Waals surface area contributed by atoms with E-state index in [9.17, 15) is 5.11 Å². The van der Waals surface area contributed by atoms with Crippen LogP contribution in [0.3, 0.4) is 0 Å². The van der Waals surface area contributed by atoms with Crippen LogP contribution in [0.5, 0.6) is 6.01 Å². The Morgan fingerprint density at radius 2 is 1.76 bits per heavy atom. The SMILES string of the molecule is O[C@@H]1COC2[C@H](Oc3nc4nc(-c5ccc(-c6ccc(-c7ncc[nH]7)nc6)cc5)c(Cl)cc4[nH]3)CO[C@@H]21. The van der Waals surface area contributed by atoms with Gasteiger partial charge < -0.3 is 29.3 Å². The molecule has 1 aromatic carbocycles. The van der Waals surface area contributed by atoms with E-state index < -0.39 is 6.10 Å². The van der Waals surface area contributed by atoms with E-state index in [4.69, 9.17) is 25.8 Å². The molecular formula is C26H21ClN6O4. The number of halogens is 1. The van der Waals surface area contributed by atoms with Crippen molar-refractivity contribution in [2.45, 2.75) is 24.4 Å². The molecule has 4 aromatic heterocycles. The van der Waals surface area contributed by atoms with E-state index in [-0.39, 0.29) is 24.9 Å². The number of imidazole rings is 2. The third-order valence-corrected chi connectivity index (χ3v) is 6.93. The summed E-state index contributed by atoms with van der Waals surface area (Å²) >= 11 is 6.59. The van der Waals surface area contributed by atoms with Crippen molar-refractivity contribution in [3.05, 3.63) is 66.1 Å². The van der Waals surface area contributed by atoms with E-state index in [0.717, 1.165) is 28.2 Å². The van der Waals surface area contributed by atoms with Gasteiger partial charge in [0.2, 0.25) is 0 Å². The zero-order chi connectivity index (χ0) is 24.9. The fourth-order valence-corrected chi connectivity index (χ4v) is 5.03. The maximum absolute atomic E-state index is 9.94. The molecule has 37 heavy (non-hydrogen) atoms. The van der Waals surface area contributed by atoms with Crippen molar-refractivity contribution >= 4 is 22.8 Å². The van der Waals surface area contributed by atoms with E-state index in [0.29, 0.717) is 34.5 Å². The van der Waals surface area contributed by atoms with Gasteiger partial charge in [0.1, 0.15) is 24.0 Å². The highest BCUT2D eigenvalue weighted by Gasteiger charge is 2.48. The summed E-state index contributed by atoms with van der Waals surface area (Å²) in [5, 5.41) is 10.4. The topological polar surface area (TPSA) is 131 Å². The van der Waals surface area contributed by atoms with E-state index >= 15 is 0 Å². The number of fused-ring (bicyclic) bond motifs is 2. The molecule has 1 unspecified atom stereocenters. The second-order valence-corrected chi connectivity index (χ2v) is 9.41. The van der Waals surface area contributed by atoms with Crippen LogP contribution >= 0.6 is 11.6 Å². The highest BCUT2D eigenvalue weighted by molar-refractivity contribution is 6.33. The lowest BCUT2D eigenvalue weighted by molar-refractivity contribution is 0.00706. The van der Waals surface area contributed by atoms with Gasteiger partial charge in [0.15, 0.2) is 17.6 Å². The molecule has 11 heteroatoms. The predicted octanol–water partition coefficient (Wildman–Crippen LogP) is 3.64. The Morgan fingerprint density at radius 3 is 2.54 bits per heavy atom.